The first-order valence-corrected chi connectivity index (χ1v) is 7.44. The number of fused-ring (bicyclic) bond motifs is 1. The van der Waals surface area contributed by atoms with Crippen LogP contribution in [-0.2, 0) is 25.7 Å². The Labute approximate surface area is 114 Å². The van der Waals surface area contributed by atoms with Gasteiger partial charge in [-0.15, -0.1) is 0 Å². The zero-order valence-electron chi connectivity index (χ0n) is 10.3. The van der Waals surface area contributed by atoms with Gasteiger partial charge in [-0.3, -0.25) is 14.2 Å². The molecule has 0 aromatic heterocycles. The van der Waals surface area contributed by atoms with Crippen LogP contribution in [0.3, 0.4) is 0 Å². The highest BCUT2D eigenvalue weighted by Gasteiger charge is 2.64. The summed E-state index contributed by atoms with van der Waals surface area (Å²) in [4.78, 5) is 42.2. The monoisotopic (exact) mass is 300 g/mol. The van der Waals surface area contributed by atoms with E-state index in [2.05, 4.69) is 0 Å². The van der Waals surface area contributed by atoms with Gasteiger partial charge < -0.3 is 20.0 Å². The molecule has 2 rings (SSSR count). The van der Waals surface area contributed by atoms with Crippen LogP contribution >= 0.6 is 7.60 Å². The van der Waals surface area contributed by atoms with Crippen molar-refractivity contribution in [2.24, 2.45) is 5.92 Å². The van der Waals surface area contributed by atoms with Gasteiger partial charge in [0, 0.05) is 0 Å². The number of benzene rings is 1. The lowest BCUT2D eigenvalue weighted by molar-refractivity contribution is -0.153. The van der Waals surface area contributed by atoms with Crippen LogP contribution in [0.15, 0.2) is 24.3 Å². The maximum atomic E-state index is 11.9. The molecule has 1 aromatic carbocycles. The zero-order chi connectivity index (χ0) is 15.1. The highest BCUT2D eigenvalue weighted by Crippen LogP contribution is 2.64. The van der Waals surface area contributed by atoms with Crippen molar-refractivity contribution in [1.29, 1.82) is 0 Å². The lowest BCUT2D eigenvalue weighted by Gasteiger charge is -2.39. The predicted octanol–water partition coefficient (Wildman–Crippen LogP) is 0.791. The smallest absolute Gasteiger partial charge is 0.348 e. The van der Waals surface area contributed by atoms with Crippen molar-refractivity contribution in [3.8, 4) is 0 Å². The normalized spacial score (nSPS) is 25.8. The van der Waals surface area contributed by atoms with Crippen molar-refractivity contribution in [3.05, 3.63) is 35.4 Å². The number of carbonyl (C=O) groups is 2. The minimum atomic E-state index is -5.25. The van der Waals surface area contributed by atoms with Crippen molar-refractivity contribution >= 4 is 19.5 Å². The molecule has 4 N–H and O–H groups in total. The molecule has 0 aliphatic heterocycles. The second kappa shape index (κ2) is 4.70. The standard InChI is InChI=1S/C12H13O7P/c13-10(14)9-6-5-7-3-1-2-4-8(7)12(9,11(15)16)20(17,18)19/h1-4,9H,5-6H2,(H,13,14)(H,15,16)(H2,17,18,19). The molecule has 1 aliphatic rings. The molecule has 0 spiro atoms. The van der Waals surface area contributed by atoms with Crippen LogP contribution < -0.4 is 0 Å². The van der Waals surface area contributed by atoms with E-state index in [1.165, 1.54) is 12.1 Å². The molecule has 0 heterocycles. The van der Waals surface area contributed by atoms with Crippen molar-refractivity contribution < 1.29 is 34.2 Å². The van der Waals surface area contributed by atoms with E-state index in [4.69, 9.17) is 0 Å². The van der Waals surface area contributed by atoms with E-state index < -0.39 is 30.6 Å². The van der Waals surface area contributed by atoms with Gasteiger partial charge in [-0.25, -0.2) is 0 Å². The van der Waals surface area contributed by atoms with Gasteiger partial charge in [-0.05, 0) is 24.0 Å². The Balaban J connectivity index is 2.86. The summed E-state index contributed by atoms with van der Waals surface area (Å²) in [6.45, 7) is 0. The third-order valence-corrected chi connectivity index (χ3v) is 5.38. The second-order valence-electron chi connectivity index (χ2n) is 4.70. The summed E-state index contributed by atoms with van der Waals surface area (Å²) in [5, 5.41) is 15.9. The van der Waals surface area contributed by atoms with Crippen LogP contribution in [0, 0.1) is 5.92 Å². The van der Waals surface area contributed by atoms with Crippen molar-refractivity contribution in [1.82, 2.24) is 0 Å². The number of rotatable bonds is 3. The number of hydrogen-bond donors (Lipinski definition) is 4. The Bertz CT molecular complexity index is 620. The molecule has 0 radical (unpaired) electrons. The first-order chi connectivity index (χ1) is 9.23. The number of carboxylic acid groups (broad SMARTS) is 2. The van der Waals surface area contributed by atoms with Crippen LogP contribution in [0.25, 0.3) is 0 Å². The van der Waals surface area contributed by atoms with E-state index in [1.54, 1.807) is 12.1 Å². The largest absolute Gasteiger partial charge is 0.481 e. The molecular weight excluding hydrogens is 287 g/mol. The first kappa shape index (κ1) is 14.7. The minimum Gasteiger partial charge on any atom is -0.481 e. The average molecular weight is 300 g/mol. The SMILES string of the molecule is O=C(O)C1CCc2ccccc2C1(C(=O)O)P(=O)(O)O. The first-order valence-electron chi connectivity index (χ1n) is 5.83. The van der Waals surface area contributed by atoms with Gasteiger partial charge >= 0.3 is 19.5 Å². The number of aryl methyl sites for hydroxylation is 1. The Hall–Kier alpha value is -1.69. The Kier molecular flexibility index (Phi) is 3.46. The molecule has 0 fully saturated rings. The summed E-state index contributed by atoms with van der Waals surface area (Å²) in [5.41, 5.74) is 0.343. The third kappa shape index (κ3) is 1.86. The molecule has 7 nitrogen and oxygen atoms in total. The van der Waals surface area contributed by atoms with Gasteiger partial charge in [0.2, 0.25) is 5.16 Å². The fourth-order valence-corrected chi connectivity index (χ4v) is 4.28. The summed E-state index contributed by atoms with van der Waals surface area (Å²) >= 11 is 0. The number of aliphatic carboxylic acids is 2. The van der Waals surface area contributed by atoms with Gasteiger partial charge in [-0.2, -0.15) is 0 Å². The van der Waals surface area contributed by atoms with Gasteiger partial charge in [-0.1, -0.05) is 24.3 Å². The van der Waals surface area contributed by atoms with Crippen molar-refractivity contribution in [3.63, 3.8) is 0 Å². The topological polar surface area (TPSA) is 132 Å². The fraction of sp³-hybridized carbons (Fsp3) is 0.333. The maximum absolute atomic E-state index is 11.9. The van der Waals surface area contributed by atoms with Crippen LogP contribution in [0.5, 0.6) is 0 Å². The maximum Gasteiger partial charge on any atom is 0.348 e. The van der Waals surface area contributed by atoms with Gasteiger partial charge in [0.05, 0.1) is 5.92 Å². The molecule has 1 aromatic rings. The Morgan fingerprint density at radius 2 is 1.80 bits per heavy atom. The van der Waals surface area contributed by atoms with Crippen LogP contribution in [0.1, 0.15) is 17.5 Å². The summed E-state index contributed by atoms with van der Waals surface area (Å²) in [7, 11) is -5.25. The predicted molar refractivity (Wildman–Crippen MR) is 67.2 cm³/mol. The zero-order valence-corrected chi connectivity index (χ0v) is 11.2. The van der Waals surface area contributed by atoms with E-state index in [0.29, 0.717) is 5.56 Å². The van der Waals surface area contributed by atoms with E-state index in [-0.39, 0.29) is 18.4 Å². The van der Waals surface area contributed by atoms with Crippen LogP contribution in [0.2, 0.25) is 0 Å². The highest BCUT2D eigenvalue weighted by atomic mass is 31.2. The molecule has 20 heavy (non-hydrogen) atoms. The van der Waals surface area contributed by atoms with Crippen molar-refractivity contribution in [2.45, 2.75) is 18.0 Å². The van der Waals surface area contributed by atoms with E-state index in [9.17, 15) is 34.2 Å². The number of carboxylic acids is 2. The highest BCUT2D eigenvalue weighted by molar-refractivity contribution is 7.54. The Morgan fingerprint density at radius 3 is 2.30 bits per heavy atom. The molecule has 2 atom stereocenters. The van der Waals surface area contributed by atoms with E-state index >= 15 is 0 Å². The average Bonchev–Trinajstić information content (AvgIpc) is 2.35. The molecule has 0 bridgehead atoms. The van der Waals surface area contributed by atoms with Crippen LogP contribution in [0.4, 0.5) is 0 Å². The van der Waals surface area contributed by atoms with E-state index in [0.717, 1.165) is 0 Å². The Morgan fingerprint density at radius 1 is 1.20 bits per heavy atom. The lowest BCUT2D eigenvalue weighted by atomic mass is 9.74. The molecule has 1 aliphatic carbocycles. The van der Waals surface area contributed by atoms with E-state index in [1.807, 2.05) is 0 Å². The second-order valence-corrected chi connectivity index (χ2v) is 6.50. The molecule has 2 unspecified atom stereocenters. The molecule has 8 heteroatoms. The summed E-state index contributed by atoms with van der Waals surface area (Å²) in [6, 6.07) is 5.89. The summed E-state index contributed by atoms with van der Waals surface area (Å²) < 4.78 is 11.9. The molecule has 108 valence electrons. The van der Waals surface area contributed by atoms with Gasteiger partial charge in [0.25, 0.3) is 0 Å². The van der Waals surface area contributed by atoms with Gasteiger partial charge in [0.1, 0.15) is 0 Å². The molecule has 0 saturated heterocycles. The minimum absolute atomic E-state index is 0.112. The quantitative estimate of drug-likeness (QED) is 0.607. The summed E-state index contributed by atoms with van der Waals surface area (Å²) in [5.74, 6) is -5.01. The summed E-state index contributed by atoms with van der Waals surface area (Å²) in [6.07, 6.45) is 0.131. The van der Waals surface area contributed by atoms with Crippen LogP contribution in [-0.4, -0.2) is 31.9 Å². The molecule has 0 amide bonds. The number of hydrogen-bond acceptors (Lipinski definition) is 3. The molecular formula is C12H13O7P. The fourth-order valence-electron chi connectivity index (χ4n) is 2.86. The lowest BCUT2D eigenvalue weighted by Crippen LogP contribution is -2.49. The van der Waals surface area contributed by atoms with Crippen molar-refractivity contribution in [2.75, 3.05) is 0 Å². The third-order valence-electron chi connectivity index (χ3n) is 3.72. The molecule has 0 saturated carbocycles. The van der Waals surface area contributed by atoms with Gasteiger partial charge in [0.15, 0.2) is 0 Å².